The van der Waals surface area contributed by atoms with Crippen LogP contribution in [0.5, 0.6) is 0 Å². The fourth-order valence-corrected chi connectivity index (χ4v) is 7.79. The Labute approximate surface area is 57.0 Å². The van der Waals surface area contributed by atoms with Crippen molar-refractivity contribution in [2.75, 3.05) is 17.9 Å². The van der Waals surface area contributed by atoms with Gasteiger partial charge in [0.2, 0.25) is 0 Å². The van der Waals surface area contributed by atoms with E-state index in [0.717, 1.165) is 0 Å². The second-order valence-electron chi connectivity index (χ2n) is 3.69. The van der Waals surface area contributed by atoms with E-state index in [9.17, 15) is 0 Å². The van der Waals surface area contributed by atoms with Crippen LogP contribution in [0.4, 0.5) is 0 Å². The molecule has 0 rings (SSSR count). The first-order valence-corrected chi connectivity index (χ1v) is 8.88. The van der Waals surface area contributed by atoms with Gasteiger partial charge in [0.25, 0.3) is 0 Å². The van der Waals surface area contributed by atoms with Gasteiger partial charge in [0.15, 0.2) is 0 Å². The minimum Gasteiger partial charge on any atom is -0.0653 e. The molecule has 0 spiro atoms. The molecule has 0 aromatic heterocycles. The summed E-state index contributed by atoms with van der Waals surface area (Å²) in [6, 6.07) is 0. The summed E-state index contributed by atoms with van der Waals surface area (Å²) in [6.45, 7) is 7.29. The summed E-state index contributed by atoms with van der Waals surface area (Å²) in [5.41, 5.74) is 0. The summed E-state index contributed by atoms with van der Waals surface area (Å²) in [4.78, 5) is 0. The zero-order valence-electron chi connectivity index (χ0n) is 6.62. The first-order chi connectivity index (χ1) is 3.42. The van der Waals surface area contributed by atoms with Gasteiger partial charge in [-0.2, -0.15) is 0 Å². The lowest BCUT2D eigenvalue weighted by Crippen LogP contribution is -2.30. The molecule has 0 radical (unpaired) electrons. The van der Waals surface area contributed by atoms with E-state index in [4.69, 9.17) is 0 Å². The van der Waals surface area contributed by atoms with Crippen LogP contribution in [0, 0.1) is 0 Å². The molecular weight excluding hydrogens is 132 g/mol. The SMILES string of the molecule is C[S+](C)C[Si](C)(C)C. The van der Waals surface area contributed by atoms with E-state index in [0.29, 0.717) is 10.9 Å². The lowest BCUT2D eigenvalue weighted by Gasteiger charge is -2.10. The highest BCUT2D eigenvalue weighted by atomic mass is 32.2. The van der Waals surface area contributed by atoms with Crippen molar-refractivity contribution in [3.05, 3.63) is 0 Å². The molecule has 0 nitrogen and oxygen atoms in total. The molecule has 0 bridgehead atoms. The third-order valence-corrected chi connectivity index (χ3v) is 6.50. The maximum absolute atomic E-state index is 2.43. The molecule has 0 N–H and O–H groups in total. The number of hydrogen-bond donors (Lipinski definition) is 0. The Kier molecular flexibility index (Phi) is 3.13. The van der Waals surface area contributed by atoms with Crippen molar-refractivity contribution in [1.29, 1.82) is 0 Å². The van der Waals surface area contributed by atoms with E-state index in [1.165, 1.54) is 5.38 Å². The lowest BCUT2D eigenvalue weighted by molar-refractivity contribution is 1.66. The maximum atomic E-state index is 2.43. The highest BCUT2D eigenvalue weighted by Crippen LogP contribution is 2.03. The monoisotopic (exact) mass is 149 g/mol. The van der Waals surface area contributed by atoms with E-state index in [-0.39, 0.29) is 0 Å². The molecule has 50 valence electrons. The molecule has 0 aliphatic heterocycles. The molecule has 0 unspecified atom stereocenters. The molecule has 0 saturated heterocycles. The first-order valence-electron chi connectivity index (χ1n) is 2.96. The first kappa shape index (κ1) is 8.57. The molecule has 0 atom stereocenters. The standard InChI is InChI=1S/C6H17SSi/c1-7(2)6-8(3,4)5/h6H2,1-5H3/q+1. The van der Waals surface area contributed by atoms with Gasteiger partial charge in [-0.3, -0.25) is 0 Å². The van der Waals surface area contributed by atoms with Gasteiger partial charge in [-0.25, -0.2) is 0 Å². The summed E-state index contributed by atoms with van der Waals surface area (Å²) < 4.78 is 0. The van der Waals surface area contributed by atoms with Crippen molar-refractivity contribution in [3.63, 3.8) is 0 Å². The second kappa shape index (κ2) is 2.92. The van der Waals surface area contributed by atoms with Crippen molar-refractivity contribution in [2.45, 2.75) is 19.6 Å². The third kappa shape index (κ3) is 6.57. The van der Waals surface area contributed by atoms with Crippen LogP contribution in [-0.4, -0.2) is 26.0 Å². The van der Waals surface area contributed by atoms with E-state index in [1.54, 1.807) is 0 Å². The van der Waals surface area contributed by atoms with Gasteiger partial charge < -0.3 is 0 Å². The quantitative estimate of drug-likeness (QED) is 0.414. The van der Waals surface area contributed by atoms with Gasteiger partial charge in [0.05, 0.1) is 17.9 Å². The molecule has 0 aromatic rings. The largest absolute Gasteiger partial charge is 0.104 e. The van der Waals surface area contributed by atoms with Crippen molar-refractivity contribution in [3.8, 4) is 0 Å². The van der Waals surface area contributed by atoms with E-state index < -0.39 is 8.07 Å². The summed E-state index contributed by atoms with van der Waals surface area (Å²) in [5, 5.41) is 1.49. The van der Waals surface area contributed by atoms with E-state index >= 15 is 0 Å². The smallest absolute Gasteiger partial charge is 0.0653 e. The molecular formula is C6H17SSi+. The molecule has 2 heteroatoms. The number of rotatable bonds is 2. The Morgan fingerprint density at radius 1 is 1.12 bits per heavy atom. The molecule has 0 aromatic carbocycles. The predicted octanol–water partition coefficient (Wildman–Crippen LogP) is 1.74. The molecule has 8 heavy (non-hydrogen) atoms. The lowest BCUT2D eigenvalue weighted by atomic mass is 11.7. The van der Waals surface area contributed by atoms with Crippen LogP contribution in [0.15, 0.2) is 0 Å². The zero-order valence-corrected chi connectivity index (χ0v) is 8.43. The Hall–Kier alpha value is 0.567. The minimum absolute atomic E-state index is 0.677. The topological polar surface area (TPSA) is 0 Å². The van der Waals surface area contributed by atoms with Gasteiger partial charge in [-0.15, -0.1) is 0 Å². The fraction of sp³-hybridized carbons (Fsp3) is 1.00. The normalized spacial score (nSPS) is 12.8. The van der Waals surface area contributed by atoms with E-state index in [2.05, 4.69) is 32.2 Å². The van der Waals surface area contributed by atoms with Crippen LogP contribution in [-0.2, 0) is 10.9 Å². The second-order valence-corrected chi connectivity index (χ2v) is 11.9. The van der Waals surface area contributed by atoms with Crippen LogP contribution < -0.4 is 0 Å². The Bertz CT molecular complexity index is 63.4. The summed E-state index contributed by atoms with van der Waals surface area (Å²) in [7, 11) is -0.0313. The maximum Gasteiger partial charge on any atom is 0.104 e. The van der Waals surface area contributed by atoms with Gasteiger partial charge in [-0.1, -0.05) is 19.6 Å². The van der Waals surface area contributed by atoms with Gasteiger partial charge in [0.1, 0.15) is 8.07 Å². The summed E-state index contributed by atoms with van der Waals surface area (Å²) in [6.07, 6.45) is 4.66. The molecule has 0 heterocycles. The Morgan fingerprint density at radius 2 is 1.50 bits per heavy atom. The van der Waals surface area contributed by atoms with Crippen molar-refractivity contribution >= 4 is 19.0 Å². The molecule has 0 fully saturated rings. The highest BCUT2D eigenvalue weighted by Gasteiger charge is 2.20. The van der Waals surface area contributed by atoms with Crippen LogP contribution in [0.2, 0.25) is 19.6 Å². The summed E-state index contributed by atoms with van der Waals surface area (Å²) >= 11 is 0. The number of hydrogen-bond acceptors (Lipinski definition) is 0. The van der Waals surface area contributed by atoms with Crippen molar-refractivity contribution in [1.82, 2.24) is 0 Å². The van der Waals surface area contributed by atoms with Gasteiger partial charge in [0, 0.05) is 0 Å². The molecule has 0 amide bonds. The Balaban J connectivity index is 3.39. The third-order valence-electron chi connectivity index (χ3n) is 0.722. The van der Waals surface area contributed by atoms with Gasteiger partial charge in [-0.05, 0) is 10.9 Å². The fourth-order valence-electron chi connectivity index (χ4n) is 0.866. The molecule has 0 aliphatic carbocycles. The van der Waals surface area contributed by atoms with E-state index in [1.807, 2.05) is 0 Å². The molecule has 0 saturated carbocycles. The van der Waals surface area contributed by atoms with Crippen molar-refractivity contribution < 1.29 is 0 Å². The summed E-state index contributed by atoms with van der Waals surface area (Å²) in [5.74, 6) is 0. The Morgan fingerprint density at radius 3 is 1.50 bits per heavy atom. The minimum atomic E-state index is -0.708. The van der Waals surface area contributed by atoms with Gasteiger partial charge >= 0.3 is 0 Å². The highest BCUT2D eigenvalue weighted by molar-refractivity contribution is 7.97. The van der Waals surface area contributed by atoms with Crippen LogP contribution in [0.3, 0.4) is 0 Å². The average molecular weight is 149 g/mol. The molecule has 0 aliphatic rings. The van der Waals surface area contributed by atoms with Crippen molar-refractivity contribution in [2.24, 2.45) is 0 Å². The zero-order chi connectivity index (χ0) is 6.78. The average Bonchev–Trinajstić information content (AvgIpc) is 1.21. The van der Waals surface area contributed by atoms with Crippen LogP contribution in [0.1, 0.15) is 0 Å². The van der Waals surface area contributed by atoms with Crippen LogP contribution >= 0.6 is 0 Å². The van der Waals surface area contributed by atoms with Crippen LogP contribution in [0.25, 0.3) is 0 Å². The predicted molar refractivity (Wildman–Crippen MR) is 47.4 cm³/mol.